The first-order chi connectivity index (χ1) is 10.1. The van der Waals surface area contributed by atoms with Crippen LogP contribution in [0, 0.1) is 11.6 Å². The smallest absolute Gasteiger partial charge is 0.149 e. The van der Waals surface area contributed by atoms with Gasteiger partial charge >= 0.3 is 0 Å². The molecule has 1 aromatic heterocycles. The van der Waals surface area contributed by atoms with Crippen LogP contribution in [-0.2, 0) is 6.42 Å². The molecule has 0 amide bonds. The Morgan fingerprint density at radius 3 is 2.33 bits per heavy atom. The quantitative estimate of drug-likeness (QED) is 0.848. The summed E-state index contributed by atoms with van der Waals surface area (Å²) < 4.78 is 27.3. The van der Waals surface area contributed by atoms with Crippen LogP contribution in [0.25, 0.3) is 0 Å². The third-order valence-electron chi connectivity index (χ3n) is 2.86. The molecule has 0 aliphatic heterocycles. The fourth-order valence-electron chi connectivity index (χ4n) is 1.81. The van der Waals surface area contributed by atoms with Crippen molar-refractivity contribution in [1.82, 2.24) is 9.97 Å². The molecule has 0 unspecified atom stereocenters. The molecule has 0 spiro atoms. The molecule has 0 bridgehead atoms. The van der Waals surface area contributed by atoms with Crippen LogP contribution in [0.1, 0.15) is 26.1 Å². The van der Waals surface area contributed by atoms with Gasteiger partial charge in [0.1, 0.15) is 34.8 Å². The summed E-state index contributed by atoms with van der Waals surface area (Å²) in [6, 6.07) is 5.36. The van der Waals surface area contributed by atoms with Gasteiger partial charge in [-0.05, 0) is 18.6 Å². The van der Waals surface area contributed by atoms with Gasteiger partial charge in [0.25, 0.3) is 0 Å². The van der Waals surface area contributed by atoms with E-state index in [4.69, 9.17) is 0 Å². The summed E-state index contributed by atoms with van der Waals surface area (Å²) in [6.07, 6.45) is 1.59. The molecular formula is C15H18F2N4. The average molecular weight is 292 g/mol. The van der Waals surface area contributed by atoms with Gasteiger partial charge in [-0.25, -0.2) is 18.7 Å². The van der Waals surface area contributed by atoms with Crippen molar-refractivity contribution in [2.24, 2.45) is 0 Å². The van der Waals surface area contributed by atoms with Gasteiger partial charge in [-0.1, -0.05) is 19.9 Å². The molecular weight excluding hydrogens is 274 g/mol. The Morgan fingerprint density at radius 1 is 1.05 bits per heavy atom. The molecule has 2 aromatic rings. The lowest BCUT2D eigenvalue weighted by Crippen LogP contribution is -2.07. The van der Waals surface area contributed by atoms with Crippen molar-refractivity contribution in [3.8, 4) is 0 Å². The maximum absolute atomic E-state index is 13.7. The normalized spacial score (nSPS) is 10.5. The van der Waals surface area contributed by atoms with E-state index in [0.717, 1.165) is 13.0 Å². The van der Waals surface area contributed by atoms with E-state index in [0.29, 0.717) is 23.9 Å². The maximum Gasteiger partial charge on any atom is 0.149 e. The first-order valence-electron chi connectivity index (χ1n) is 6.97. The Labute approximate surface area is 122 Å². The topological polar surface area (TPSA) is 49.8 Å². The van der Waals surface area contributed by atoms with Crippen LogP contribution in [0.2, 0.25) is 0 Å². The van der Waals surface area contributed by atoms with Crippen molar-refractivity contribution in [3.63, 3.8) is 0 Å². The summed E-state index contributed by atoms with van der Waals surface area (Å²) in [6.45, 7) is 4.74. The summed E-state index contributed by atoms with van der Waals surface area (Å²) >= 11 is 0. The minimum absolute atomic E-state index is 0.209. The molecule has 0 aliphatic rings. The Hall–Kier alpha value is -2.24. The Kier molecular flexibility index (Phi) is 5.03. The molecule has 0 saturated heterocycles. The van der Waals surface area contributed by atoms with Gasteiger partial charge in [0, 0.05) is 19.0 Å². The monoisotopic (exact) mass is 292 g/mol. The number of hydrogen-bond donors (Lipinski definition) is 2. The minimum atomic E-state index is -0.658. The highest BCUT2D eigenvalue weighted by atomic mass is 19.1. The number of para-hydroxylation sites is 1. The lowest BCUT2D eigenvalue weighted by Gasteiger charge is -2.11. The number of aryl methyl sites for hydroxylation is 1. The van der Waals surface area contributed by atoms with E-state index in [2.05, 4.69) is 20.6 Å². The maximum atomic E-state index is 13.7. The number of benzene rings is 1. The van der Waals surface area contributed by atoms with Gasteiger partial charge in [-0.3, -0.25) is 0 Å². The molecule has 0 radical (unpaired) electrons. The molecule has 6 heteroatoms. The molecule has 0 aliphatic carbocycles. The predicted octanol–water partition coefficient (Wildman–Crippen LogP) is 3.88. The molecule has 112 valence electrons. The van der Waals surface area contributed by atoms with Crippen molar-refractivity contribution in [2.75, 3.05) is 17.2 Å². The first-order valence-corrected chi connectivity index (χ1v) is 6.97. The van der Waals surface area contributed by atoms with Crippen molar-refractivity contribution in [2.45, 2.75) is 26.7 Å². The summed E-state index contributed by atoms with van der Waals surface area (Å²) in [7, 11) is 0. The van der Waals surface area contributed by atoms with E-state index in [1.807, 2.05) is 13.8 Å². The SMILES string of the molecule is CCCNc1cc(Nc2c(F)cccc2F)nc(CC)n1. The Morgan fingerprint density at radius 2 is 1.71 bits per heavy atom. The molecule has 2 rings (SSSR count). The average Bonchev–Trinajstić information content (AvgIpc) is 2.49. The Bertz CT molecular complexity index is 596. The second kappa shape index (κ2) is 6.97. The molecule has 1 heterocycles. The summed E-state index contributed by atoms with van der Waals surface area (Å²) in [4.78, 5) is 8.57. The van der Waals surface area contributed by atoms with E-state index in [-0.39, 0.29) is 5.69 Å². The lowest BCUT2D eigenvalue weighted by atomic mass is 10.3. The van der Waals surface area contributed by atoms with Crippen molar-refractivity contribution in [3.05, 3.63) is 41.7 Å². The molecule has 1 aromatic carbocycles. The Balaban J connectivity index is 2.30. The summed E-state index contributed by atoms with van der Waals surface area (Å²) in [5, 5.41) is 5.84. The highest BCUT2D eigenvalue weighted by Crippen LogP contribution is 2.23. The van der Waals surface area contributed by atoms with E-state index >= 15 is 0 Å². The number of rotatable bonds is 6. The van der Waals surface area contributed by atoms with E-state index in [1.165, 1.54) is 18.2 Å². The van der Waals surface area contributed by atoms with Crippen molar-refractivity contribution < 1.29 is 8.78 Å². The number of anilines is 3. The lowest BCUT2D eigenvalue weighted by molar-refractivity contribution is 0.590. The van der Waals surface area contributed by atoms with Crippen LogP contribution in [-0.4, -0.2) is 16.5 Å². The zero-order valence-electron chi connectivity index (χ0n) is 12.1. The van der Waals surface area contributed by atoms with E-state index in [9.17, 15) is 8.78 Å². The fraction of sp³-hybridized carbons (Fsp3) is 0.333. The van der Waals surface area contributed by atoms with Crippen molar-refractivity contribution >= 4 is 17.3 Å². The van der Waals surface area contributed by atoms with Crippen LogP contribution >= 0.6 is 0 Å². The van der Waals surface area contributed by atoms with Gasteiger partial charge in [-0.2, -0.15) is 0 Å². The first kappa shape index (κ1) is 15.2. The van der Waals surface area contributed by atoms with Crippen LogP contribution in [0.5, 0.6) is 0 Å². The molecule has 21 heavy (non-hydrogen) atoms. The summed E-state index contributed by atoms with van der Waals surface area (Å²) in [5.74, 6) is 0.298. The van der Waals surface area contributed by atoms with E-state index in [1.54, 1.807) is 6.07 Å². The fourth-order valence-corrected chi connectivity index (χ4v) is 1.81. The third kappa shape index (κ3) is 3.87. The van der Waals surface area contributed by atoms with Crippen LogP contribution in [0.15, 0.2) is 24.3 Å². The van der Waals surface area contributed by atoms with Gasteiger partial charge in [0.2, 0.25) is 0 Å². The van der Waals surface area contributed by atoms with E-state index < -0.39 is 11.6 Å². The molecule has 0 fully saturated rings. The van der Waals surface area contributed by atoms with Crippen molar-refractivity contribution in [1.29, 1.82) is 0 Å². The summed E-state index contributed by atoms with van der Waals surface area (Å²) in [5.41, 5.74) is -0.209. The van der Waals surface area contributed by atoms with Crippen LogP contribution in [0.3, 0.4) is 0 Å². The number of aromatic nitrogens is 2. The van der Waals surface area contributed by atoms with Crippen LogP contribution < -0.4 is 10.6 Å². The molecule has 2 N–H and O–H groups in total. The van der Waals surface area contributed by atoms with Gasteiger partial charge in [0.15, 0.2) is 0 Å². The number of nitrogens with one attached hydrogen (secondary N) is 2. The molecule has 0 saturated carbocycles. The highest BCUT2D eigenvalue weighted by Gasteiger charge is 2.10. The largest absolute Gasteiger partial charge is 0.370 e. The van der Waals surface area contributed by atoms with Gasteiger partial charge in [0.05, 0.1) is 0 Å². The van der Waals surface area contributed by atoms with Crippen LogP contribution in [0.4, 0.5) is 26.1 Å². The highest BCUT2D eigenvalue weighted by molar-refractivity contribution is 5.60. The predicted molar refractivity (Wildman–Crippen MR) is 79.8 cm³/mol. The second-order valence-corrected chi connectivity index (χ2v) is 4.56. The number of hydrogen-bond acceptors (Lipinski definition) is 4. The third-order valence-corrected chi connectivity index (χ3v) is 2.86. The van der Waals surface area contributed by atoms with Gasteiger partial charge < -0.3 is 10.6 Å². The minimum Gasteiger partial charge on any atom is -0.370 e. The number of halogens is 2. The second-order valence-electron chi connectivity index (χ2n) is 4.56. The standard InChI is InChI=1S/C15H18F2N4/c1-3-8-18-13-9-14(20-12(4-2)19-13)21-15-10(16)6-5-7-11(15)17/h5-7,9H,3-4,8H2,1-2H3,(H2,18,19,20,21). The zero-order chi connectivity index (χ0) is 15.2. The molecule has 4 nitrogen and oxygen atoms in total. The zero-order valence-corrected chi connectivity index (χ0v) is 12.1. The number of nitrogens with zero attached hydrogens (tertiary/aromatic N) is 2. The van der Waals surface area contributed by atoms with Gasteiger partial charge in [-0.15, -0.1) is 0 Å². The molecule has 0 atom stereocenters.